The van der Waals surface area contributed by atoms with E-state index in [1.165, 1.54) is 5.56 Å². The van der Waals surface area contributed by atoms with Crippen LogP contribution in [0.15, 0.2) is 146 Å². The number of hydrogen-bond donors (Lipinski definition) is 1. The first-order chi connectivity index (χ1) is 30.2. The lowest BCUT2D eigenvalue weighted by Crippen LogP contribution is -2.12. The van der Waals surface area contributed by atoms with Gasteiger partial charge in [0.25, 0.3) is 0 Å². The van der Waals surface area contributed by atoms with E-state index in [0.717, 1.165) is 67.6 Å². The first-order valence-electron chi connectivity index (χ1n) is 23.0. The number of imidazole rings is 1. The fraction of sp³-hybridized carbons (Fsp3) is 0.236. The third-order valence-corrected chi connectivity index (χ3v) is 11.0. The van der Waals surface area contributed by atoms with Crippen LogP contribution in [0.3, 0.4) is 0 Å². The zero-order valence-electron chi connectivity index (χ0n) is 40.5. The number of pyridine rings is 1. The quantitative estimate of drug-likeness (QED) is 0.167. The summed E-state index contributed by atoms with van der Waals surface area (Å²) in [6.45, 7) is 19.4. The average molecular weight is 779 g/mol. The van der Waals surface area contributed by atoms with E-state index in [-0.39, 0.29) is 46.3 Å². The number of rotatable bonds is 8. The largest absolute Gasteiger partial charge is 0.507 e. The molecule has 0 aliphatic heterocycles. The Hall–Kier alpha value is -6.26. The molecule has 2 heterocycles. The highest BCUT2D eigenvalue weighted by atomic mass is 16.3. The number of aromatic hydroxyl groups is 1. The Morgan fingerprint density at radius 2 is 1.41 bits per heavy atom. The summed E-state index contributed by atoms with van der Waals surface area (Å²) in [6, 6.07) is 35.7. The summed E-state index contributed by atoms with van der Waals surface area (Å²) in [5.41, 5.74) is 12.8. The molecule has 0 aliphatic carbocycles. The summed E-state index contributed by atoms with van der Waals surface area (Å²) in [6.07, 6.45) is 2.56. The Bertz CT molecular complexity index is 3070. The van der Waals surface area contributed by atoms with Crippen LogP contribution in [0.5, 0.6) is 5.75 Å². The van der Waals surface area contributed by atoms with Gasteiger partial charge >= 0.3 is 0 Å². The van der Waals surface area contributed by atoms with Gasteiger partial charge in [0.05, 0.1) is 34.8 Å². The third-order valence-electron chi connectivity index (χ3n) is 11.0. The monoisotopic (exact) mass is 778 g/mol. The second kappa shape index (κ2) is 15.5. The van der Waals surface area contributed by atoms with Gasteiger partial charge in [0.1, 0.15) is 11.6 Å². The lowest BCUT2D eigenvalue weighted by Gasteiger charge is -2.23. The van der Waals surface area contributed by atoms with Gasteiger partial charge in [-0.2, -0.15) is 0 Å². The Labute approximate surface area is 357 Å². The van der Waals surface area contributed by atoms with Crippen LogP contribution >= 0.6 is 0 Å². The summed E-state index contributed by atoms with van der Waals surface area (Å²) in [5.74, 6) is 1.31. The van der Waals surface area contributed by atoms with E-state index in [2.05, 4.69) is 152 Å². The molecule has 4 heteroatoms. The molecular weight excluding hydrogens is 719 g/mol. The maximum atomic E-state index is 12.3. The molecule has 0 radical (unpaired) electrons. The van der Waals surface area contributed by atoms with Crippen molar-refractivity contribution in [2.24, 2.45) is 5.92 Å². The van der Waals surface area contributed by atoms with Gasteiger partial charge in [-0.05, 0) is 118 Å². The molecule has 0 unspecified atom stereocenters. The van der Waals surface area contributed by atoms with Crippen molar-refractivity contribution in [2.45, 2.75) is 79.6 Å². The standard InChI is InChI=1S/C55H55N3O/c1-35(2)27-37-23-24-49(45(30-37)39-19-14-11-15-20-39)58-50-22-16-21-44(51(50)57-53(58)46-28-36(3)29-47(52(46)59)55(7,8)9)41-31-42(33-43(32-41)54(4,5)6)48-34-40(25-26-56-48)38-17-12-10-13-18-38/h10-26,28-35,59H,27H2,1-9H3/i10D,12D,13D,17D,18D. The number of benzene rings is 6. The van der Waals surface area contributed by atoms with Crippen molar-refractivity contribution in [3.63, 3.8) is 0 Å². The Balaban J connectivity index is 1.42. The Morgan fingerprint density at radius 1 is 0.661 bits per heavy atom. The Morgan fingerprint density at radius 3 is 2.12 bits per heavy atom. The molecule has 0 atom stereocenters. The molecule has 0 bridgehead atoms. The number of fused-ring (bicyclic) bond motifs is 1. The molecular formula is C55H55N3O. The summed E-state index contributed by atoms with van der Waals surface area (Å²) >= 11 is 0. The summed E-state index contributed by atoms with van der Waals surface area (Å²) in [5, 5.41) is 12.3. The molecule has 4 nitrogen and oxygen atoms in total. The highest BCUT2D eigenvalue weighted by molar-refractivity contribution is 5.98. The minimum Gasteiger partial charge on any atom is -0.507 e. The molecule has 8 aromatic rings. The van der Waals surface area contributed by atoms with Crippen molar-refractivity contribution in [1.29, 1.82) is 0 Å². The van der Waals surface area contributed by atoms with Crippen LogP contribution in [0.2, 0.25) is 0 Å². The van der Waals surface area contributed by atoms with E-state index in [1.54, 1.807) is 18.3 Å². The van der Waals surface area contributed by atoms with E-state index < -0.39 is 6.04 Å². The second-order valence-corrected chi connectivity index (χ2v) is 18.2. The summed E-state index contributed by atoms with van der Waals surface area (Å²) in [7, 11) is 0. The maximum absolute atomic E-state index is 12.3. The van der Waals surface area contributed by atoms with Gasteiger partial charge in [-0.1, -0.05) is 146 Å². The minimum atomic E-state index is -0.429. The predicted molar refractivity (Wildman–Crippen MR) is 248 cm³/mol. The van der Waals surface area contributed by atoms with Gasteiger partial charge in [0.15, 0.2) is 0 Å². The first kappa shape index (κ1) is 33.7. The van der Waals surface area contributed by atoms with Crippen LogP contribution in [0.1, 0.15) is 84.5 Å². The number of nitrogens with zero attached hydrogens (tertiary/aromatic N) is 3. The summed E-state index contributed by atoms with van der Waals surface area (Å²) < 4.78 is 44.3. The number of phenolic OH excluding ortho intramolecular Hbond substituents is 1. The van der Waals surface area contributed by atoms with Gasteiger partial charge in [0, 0.05) is 28.5 Å². The van der Waals surface area contributed by atoms with Crippen LogP contribution in [-0.2, 0) is 17.3 Å². The SMILES string of the molecule is [2H]c1c([2H])c([2H])c(-c2ccnc(-c3cc(-c4cccc5c4nc(-c4cc(C)cc(C(C)(C)C)c4O)n5-c4ccc(CC(C)C)cc4-c4ccccc4)cc(C(C)(C)C)c3)c2)c([2H])c1[2H]. The van der Waals surface area contributed by atoms with Crippen molar-refractivity contribution < 1.29 is 12.0 Å². The van der Waals surface area contributed by atoms with Crippen molar-refractivity contribution in [1.82, 2.24) is 14.5 Å². The number of phenols is 1. The predicted octanol–water partition coefficient (Wildman–Crippen LogP) is 14.6. The van der Waals surface area contributed by atoms with Crippen LogP contribution in [-0.4, -0.2) is 19.6 Å². The molecule has 6 aromatic carbocycles. The molecule has 0 spiro atoms. The number of aromatic nitrogens is 3. The van der Waals surface area contributed by atoms with Crippen molar-refractivity contribution >= 4 is 11.0 Å². The average Bonchev–Trinajstić information content (AvgIpc) is 3.64. The molecule has 0 amide bonds. The van der Waals surface area contributed by atoms with Crippen molar-refractivity contribution in [3.8, 4) is 67.5 Å². The van der Waals surface area contributed by atoms with E-state index in [4.69, 9.17) is 16.8 Å². The normalized spacial score (nSPS) is 13.3. The topological polar surface area (TPSA) is 50.9 Å². The van der Waals surface area contributed by atoms with Gasteiger partial charge in [-0.3, -0.25) is 9.55 Å². The van der Waals surface area contributed by atoms with Crippen LogP contribution < -0.4 is 0 Å². The van der Waals surface area contributed by atoms with Crippen LogP contribution in [0.25, 0.3) is 72.7 Å². The van der Waals surface area contributed by atoms with E-state index in [0.29, 0.717) is 28.6 Å². The minimum absolute atomic E-state index is 0.130. The fourth-order valence-electron chi connectivity index (χ4n) is 8.01. The molecule has 296 valence electrons. The lowest BCUT2D eigenvalue weighted by atomic mass is 9.83. The van der Waals surface area contributed by atoms with Crippen molar-refractivity contribution in [3.05, 3.63) is 168 Å². The summed E-state index contributed by atoms with van der Waals surface area (Å²) in [4.78, 5) is 10.3. The van der Waals surface area contributed by atoms with Crippen molar-refractivity contribution in [2.75, 3.05) is 0 Å². The lowest BCUT2D eigenvalue weighted by molar-refractivity contribution is 0.448. The first-order valence-corrected chi connectivity index (χ1v) is 20.5. The smallest absolute Gasteiger partial charge is 0.149 e. The van der Waals surface area contributed by atoms with E-state index in [1.807, 2.05) is 12.1 Å². The molecule has 2 aromatic heterocycles. The molecule has 0 saturated heterocycles. The molecule has 0 fully saturated rings. The third kappa shape index (κ3) is 7.97. The number of hydrogen-bond acceptors (Lipinski definition) is 3. The van der Waals surface area contributed by atoms with Crippen LogP contribution in [0, 0.1) is 12.8 Å². The molecule has 0 saturated carbocycles. The zero-order valence-corrected chi connectivity index (χ0v) is 35.5. The number of aryl methyl sites for hydroxylation is 1. The van der Waals surface area contributed by atoms with Gasteiger partial charge < -0.3 is 5.11 Å². The second-order valence-electron chi connectivity index (χ2n) is 18.2. The zero-order chi connectivity index (χ0) is 46.0. The number of para-hydroxylation sites is 1. The maximum Gasteiger partial charge on any atom is 0.149 e. The highest BCUT2D eigenvalue weighted by Crippen LogP contribution is 2.44. The van der Waals surface area contributed by atoms with Crippen LogP contribution in [0.4, 0.5) is 0 Å². The highest BCUT2D eigenvalue weighted by Gasteiger charge is 2.27. The molecule has 8 rings (SSSR count). The molecule has 1 N–H and O–H groups in total. The van der Waals surface area contributed by atoms with E-state index >= 15 is 0 Å². The fourth-order valence-corrected chi connectivity index (χ4v) is 8.01. The van der Waals surface area contributed by atoms with Gasteiger partial charge in [-0.25, -0.2) is 4.98 Å². The van der Waals surface area contributed by atoms with Gasteiger partial charge in [-0.15, -0.1) is 0 Å². The molecule has 59 heavy (non-hydrogen) atoms. The molecule has 0 aliphatic rings. The van der Waals surface area contributed by atoms with E-state index in [9.17, 15) is 5.11 Å². The van der Waals surface area contributed by atoms with Gasteiger partial charge in [0.2, 0.25) is 0 Å². The Kier molecular flexibility index (Phi) is 8.84.